The van der Waals surface area contributed by atoms with Gasteiger partial charge in [0.25, 0.3) is 7.44 Å². The highest BCUT2D eigenvalue weighted by Crippen LogP contribution is 2.66. The average molecular weight is 587 g/mol. The number of rotatable bonds is 5. The second-order valence-electron chi connectivity index (χ2n) is 11.3. The Hall–Kier alpha value is -5.11. The topological polar surface area (TPSA) is 32.3 Å². The van der Waals surface area contributed by atoms with Gasteiger partial charge in [0.2, 0.25) is 0 Å². The summed E-state index contributed by atoms with van der Waals surface area (Å²) in [5.41, 5.74) is 9.63. The lowest BCUT2D eigenvalue weighted by atomic mass is 9.90. The highest BCUT2D eigenvalue weighted by atomic mass is 31.2. The zero-order chi connectivity index (χ0) is 29.7. The molecule has 1 heterocycles. The van der Waals surface area contributed by atoms with Gasteiger partial charge >= 0.3 is 0 Å². The van der Waals surface area contributed by atoms with Gasteiger partial charge in [-0.1, -0.05) is 146 Å². The van der Waals surface area contributed by atoms with Crippen LogP contribution in [0.2, 0.25) is 0 Å². The minimum Gasteiger partial charge on any atom is -0.318 e. The Labute approximate surface area is 257 Å². The number of nitrogens with zero attached hydrogens (tertiary/aromatic N) is 1. The summed E-state index contributed by atoms with van der Waals surface area (Å²) in [6, 6.07) is 53.1. The Kier molecular flexibility index (Phi) is 6.36. The van der Waals surface area contributed by atoms with E-state index in [2.05, 4.69) is 155 Å². The molecule has 0 aromatic heterocycles. The van der Waals surface area contributed by atoms with Crippen molar-refractivity contribution < 1.29 is 4.57 Å². The fraction of sp³-hybridized carbons (Fsp3) is 0.0500. The standard InChI is InChI=1S/C40H31N2OP/c1-2-44(43)41-40-35(34-24-11-19-30-18-9-22-32(38(30)34)28-14-5-3-6-15-28)25-13-27-37(40)42(44)36-26-12-21-31-20-10-23-33(39(31)36)29-16-7-4-8-17-29/h3-27H,2H2,1H3,(H,41,43). The molecule has 1 aliphatic rings. The molecule has 8 rings (SSSR count). The monoisotopic (exact) mass is 586 g/mol. The van der Waals surface area contributed by atoms with Crippen LogP contribution in [0.4, 0.5) is 17.1 Å². The highest BCUT2D eigenvalue weighted by Gasteiger charge is 2.41. The third kappa shape index (κ3) is 4.16. The molecule has 3 nitrogen and oxygen atoms in total. The zero-order valence-electron chi connectivity index (χ0n) is 24.4. The second kappa shape index (κ2) is 10.6. The van der Waals surface area contributed by atoms with Crippen LogP contribution in [0, 0.1) is 0 Å². The van der Waals surface area contributed by atoms with Gasteiger partial charge in [-0.15, -0.1) is 0 Å². The third-order valence-corrected chi connectivity index (χ3v) is 11.3. The Morgan fingerprint density at radius 1 is 0.500 bits per heavy atom. The normalized spacial score (nSPS) is 15.8. The lowest BCUT2D eigenvalue weighted by Gasteiger charge is -2.28. The van der Waals surface area contributed by atoms with Crippen molar-refractivity contribution >= 4 is 46.1 Å². The van der Waals surface area contributed by atoms with E-state index in [0.29, 0.717) is 6.16 Å². The molecule has 0 saturated carbocycles. The maximum atomic E-state index is 15.0. The van der Waals surface area contributed by atoms with Crippen LogP contribution >= 0.6 is 7.44 Å². The van der Waals surface area contributed by atoms with Crippen LogP contribution in [-0.4, -0.2) is 6.16 Å². The average Bonchev–Trinajstić information content (AvgIpc) is 3.40. The summed E-state index contributed by atoms with van der Waals surface area (Å²) in [6.45, 7) is 2.01. The highest BCUT2D eigenvalue weighted by molar-refractivity contribution is 7.68. The summed E-state index contributed by atoms with van der Waals surface area (Å²) in [5, 5.41) is 8.20. The smallest absolute Gasteiger partial charge is 0.264 e. The first kappa shape index (κ1) is 26.5. The van der Waals surface area contributed by atoms with Crippen LogP contribution < -0.4 is 9.76 Å². The Bertz CT molecular complexity index is 2220. The van der Waals surface area contributed by atoms with Gasteiger partial charge in [-0.3, -0.25) is 9.24 Å². The first-order chi connectivity index (χ1) is 21.7. The van der Waals surface area contributed by atoms with Gasteiger partial charge < -0.3 is 5.09 Å². The number of benzene rings is 7. The van der Waals surface area contributed by atoms with E-state index >= 15 is 4.57 Å². The fourth-order valence-corrected chi connectivity index (χ4v) is 8.92. The molecule has 1 unspecified atom stereocenters. The number of fused-ring (bicyclic) bond motifs is 3. The van der Waals surface area contributed by atoms with E-state index in [1.165, 1.54) is 21.9 Å². The fourth-order valence-electron chi connectivity index (χ4n) is 6.76. The van der Waals surface area contributed by atoms with Crippen molar-refractivity contribution in [3.05, 3.63) is 152 Å². The van der Waals surface area contributed by atoms with Crippen LogP contribution in [0.5, 0.6) is 0 Å². The summed E-state index contributed by atoms with van der Waals surface area (Å²) in [4.78, 5) is 0. The Morgan fingerprint density at radius 2 is 0.977 bits per heavy atom. The molecule has 0 fully saturated rings. The van der Waals surface area contributed by atoms with Crippen LogP contribution in [-0.2, 0) is 4.57 Å². The SMILES string of the molecule is CCP1(=O)Nc2c(-c3cccc4cccc(-c5ccccc5)c34)cccc2N1c1cccc2cccc(-c3ccccc3)c12. The van der Waals surface area contributed by atoms with Gasteiger partial charge in [0.1, 0.15) is 0 Å². The van der Waals surface area contributed by atoms with E-state index in [-0.39, 0.29) is 0 Å². The molecule has 0 aliphatic carbocycles. The molecule has 7 aromatic carbocycles. The van der Waals surface area contributed by atoms with Crippen molar-refractivity contribution in [2.45, 2.75) is 6.92 Å². The molecule has 0 spiro atoms. The number of anilines is 3. The molecular weight excluding hydrogens is 555 g/mol. The molecular formula is C40H31N2OP. The van der Waals surface area contributed by atoms with Gasteiger partial charge in [-0.25, -0.2) is 0 Å². The van der Waals surface area contributed by atoms with Crippen LogP contribution in [0.1, 0.15) is 6.92 Å². The largest absolute Gasteiger partial charge is 0.318 e. The summed E-state index contributed by atoms with van der Waals surface area (Å²) < 4.78 is 17.1. The van der Waals surface area contributed by atoms with E-state index in [1.54, 1.807) is 0 Å². The third-order valence-electron chi connectivity index (χ3n) is 8.78. The van der Waals surface area contributed by atoms with Crippen LogP contribution in [0.3, 0.4) is 0 Å². The lowest BCUT2D eigenvalue weighted by Crippen LogP contribution is -2.13. The molecule has 0 saturated heterocycles. The molecule has 44 heavy (non-hydrogen) atoms. The number of nitrogens with one attached hydrogen (secondary N) is 1. The molecule has 0 radical (unpaired) electrons. The Morgan fingerprint density at radius 3 is 1.59 bits per heavy atom. The van der Waals surface area contributed by atoms with Crippen molar-refractivity contribution in [2.24, 2.45) is 0 Å². The van der Waals surface area contributed by atoms with Crippen molar-refractivity contribution in [2.75, 3.05) is 15.9 Å². The quantitative estimate of drug-likeness (QED) is 0.204. The van der Waals surface area contributed by atoms with Gasteiger partial charge in [-0.2, -0.15) is 0 Å². The molecule has 0 bridgehead atoms. The van der Waals surface area contributed by atoms with Gasteiger partial charge in [-0.05, 0) is 56.1 Å². The maximum absolute atomic E-state index is 15.0. The molecule has 1 aliphatic heterocycles. The van der Waals surface area contributed by atoms with Crippen LogP contribution in [0.25, 0.3) is 54.9 Å². The lowest BCUT2D eigenvalue weighted by molar-refractivity contribution is 0.580. The summed E-state index contributed by atoms with van der Waals surface area (Å²) in [5.74, 6) is 0. The summed E-state index contributed by atoms with van der Waals surface area (Å²) in [7, 11) is -3.07. The zero-order valence-corrected chi connectivity index (χ0v) is 25.3. The van der Waals surface area contributed by atoms with Gasteiger partial charge in [0.15, 0.2) is 0 Å². The molecule has 7 aromatic rings. The van der Waals surface area contributed by atoms with Crippen LogP contribution in [0.15, 0.2) is 152 Å². The van der Waals surface area contributed by atoms with E-state index in [1.807, 2.05) is 13.0 Å². The second-order valence-corrected chi connectivity index (χ2v) is 13.9. The van der Waals surface area contributed by atoms with Gasteiger partial charge in [0.05, 0.1) is 17.1 Å². The molecule has 4 heteroatoms. The Balaban J connectivity index is 1.39. The van der Waals surface area contributed by atoms with E-state index in [9.17, 15) is 0 Å². The number of hydrogen-bond donors (Lipinski definition) is 1. The molecule has 212 valence electrons. The first-order valence-corrected chi connectivity index (χ1v) is 17.0. The predicted molar refractivity (Wildman–Crippen MR) is 188 cm³/mol. The van der Waals surface area contributed by atoms with E-state index in [4.69, 9.17) is 0 Å². The number of para-hydroxylation sites is 1. The predicted octanol–water partition coefficient (Wildman–Crippen LogP) is 11.8. The minimum atomic E-state index is -3.07. The number of hydrogen-bond acceptors (Lipinski definition) is 1. The van der Waals surface area contributed by atoms with Crippen molar-refractivity contribution in [3.63, 3.8) is 0 Å². The molecule has 0 amide bonds. The van der Waals surface area contributed by atoms with Crippen molar-refractivity contribution in [1.82, 2.24) is 0 Å². The summed E-state index contributed by atoms with van der Waals surface area (Å²) in [6.07, 6.45) is 0.482. The van der Waals surface area contributed by atoms with Crippen molar-refractivity contribution in [3.8, 4) is 33.4 Å². The van der Waals surface area contributed by atoms with E-state index in [0.717, 1.165) is 50.1 Å². The molecule has 1 atom stereocenters. The van der Waals surface area contributed by atoms with E-state index < -0.39 is 7.44 Å². The summed E-state index contributed by atoms with van der Waals surface area (Å²) >= 11 is 0. The maximum Gasteiger partial charge on any atom is 0.264 e. The first-order valence-electron chi connectivity index (χ1n) is 15.1. The minimum absolute atomic E-state index is 0.482. The molecule has 1 N–H and O–H groups in total. The van der Waals surface area contributed by atoms with Gasteiger partial charge in [0, 0.05) is 17.1 Å². The van der Waals surface area contributed by atoms with Crippen molar-refractivity contribution in [1.29, 1.82) is 0 Å².